The summed E-state index contributed by atoms with van der Waals surface area (Å²) in [7, 11) is -2.84. The fourth-order valence-electron chi connectivity index (χ4n) is 8.94. The molecule has 266 valence electrons. The Morgan fingerprint density at radius 2 is 0.772 bits per heavy atom. The van der Waals surface area contributed by atoms with Crippen molar-refractivity contribution < 1.29 is 0 Å². The first-order valence-electron chi connectivity index (χ1n) is 19.4. The van der Waals surface area contributed by atoms with E-state index in [0.717, 1.165) is 22.3 Å². The maximum Gasteiger partial charge on any atom is 0.181 e. The highest BCUT2D eigenvalue weighted by atomic mass is 28.3. The third-order valence-corrected chi connectivity index (χ3v) is 16.5. The van der Waals surface area contributed by atoms with Crippen LogP contribution in [0.1, 0.15) is 0 Å². The number of aromatic nitrogens is 3. The van der Waals surface area contributed by atoms with Gasteiger partial charge in [-0.25, -0.2) is 15.0 Å². The van der Waals surface area contributed by atoms with E-state index in [-0.39, 0.29) is 0 Å². The molecule has 0 radical (unpaired) electrons. The normalized spacial score (nSPS) is 12.7. The Labute approximate surface area is 332 Å². The summed E-state index contributed by atoms with van der Waals surface area (Å²) in [6.07, 6.45) is 0. The first-order valence-corrected chi connectivity index (χ1v) is 21.4. The molecule has 0 aliphatic carbocycles. The summed E-state index contributed by atoms with van der Waals surface area (Å²) >= 11 is 0. The lowest BCUT2D eigenvalue weighted by Gasteiger charge is -2.32. The minimum atomic E-state index is -2.84. The molecule has 3 nitrogen and oxygen atoms in total. The molecule has 10 aromatic rings. The number of nitrogens with zero attached hydrogens (tertiary/aromatic N) is 3. The fourth-order valence-corrected chi connectivity index (χ4v) is 14.4. The van der Waals surface area contributed by atoms with Gasteiger partial charge in [0.1, 0.15) is 0 Å². The van der Waals surface area contributed by atoms with Gasteiger partial charge in [0, 0.05) is 16.7 Å². The molecule has 9 aromatic carbocycles. The van der Waals surface area contributed by atoms with Crippen molar-refractivity contribution in [2.75, 3.05) is 0 Å². The third-order valence-electron chi connectivity index (χ3n) is 11.6. The van der Waals surface area contributed by atoms with Crippen molar-refractivity contribution in [3.8, 4) is 56.4 Å². The molecular weight excluding hydrogens is 707 g/mol. The minimum Gasteiger partial charge on any atom is -0.208 e. The lowest BCUT2D eigenvalue weighted by atomic mass is 10.00. The van der Waals surface area contributed by atoms with E-state index in [0.29, 0.717) is 17.5 Å². The summed E-state index contributed by atoms with van der Waals surface area (Å²) < 4.78 is 0. The van der Waals surface area contributed by atoms with Gasteiger partial charge < -0.3 is 0 Å². The van der Waals surface area contributed by atoms with Crippen molar-refractivity contribution in [1.82, 2.24) is 15.0 Å². The van der Waals surface area contributed by atoms with Gasteiger partial charge in [-0.3, -0.25) is 0 Å². The average molecular weight is 742 g/mol. The second kappa shape index (κ2) is 13.5. The number of fused-ring (bicyclic) bond motifs is 6. The van der Waals surface area contributed by atoms with Crippen molar-refractivity contribution in [3.05, 3.63) is 212 Å². The molecule has 4 heteroatoms. The molecule has 57 heavy (non-hydrogen) atoms. The minimum absolute atomic E-state index is 0.647. The zero-order chi connectivity index (χ0) is 37.8. The van der Waals surface area contributed by atoms with E-state index < -0.39 is 8.07 Å². The van der Waals surface area contributed by atoms with E-state index in [9.17, 15) is 0 Å². The lowest BCUT2D eigenvalue weighted by molar-refractivity contribution is 1.07. The van der Waals surface area contributed by atoms with Crippen molar-refractivity contribution in [3.63, 3.8) is 0 Å². The number of hydrogen-bond donors (Lipinski definition) is 0. The first-order chi connectivity index (χ1) is 28.2. The Morgan fingerprint density at radius 1 is 0.298 bits per heavy atom. The van der Waals surface area contributed by atoms with E-state index >= 15 is 0 Å². The topological polar surface area (TPSA) is 38.7 Å². The van der Waals surface area contributed by atoms with Gasteiger partial charge >= 0.3 is 0 Å². The van der Waals surface area contributed by atoms with Crippen molar-refractivity contribution in [2.45, 2.75) is 0 Å². The van der Waals surface area contributed by atoms with Crippen LogP contribution in [0.2, 0.25) is 0 Å². The molecule has 0 atom stereocenters. The Balaban J connectivity index is 1.11. The van der Waals surface area contributed by atoms with Crippen LogP contribution in [-0.4, -0.2) is 23.0 Å². The maximum atomic E-state index is 5.25. The average Bonchev–Trinajstić information content (AvgIpc) is 3.60. The van der Waals surface area contributed by atoms with E-state index in [2.05, 4.69) is 194 Å². The van der Waals surface area contributed by atoms with Crippen LogP contribution in [0.25, 0.3) is 78.0 Å². The summed E-state index contributed by atoms with van der Waals surface area (Å²) in [6, 6.07) is 76.7. The Morgan fingerprint density at radius 3 is 1.46 bits per heavy atom. The van der Waals surface area contributed by atoms with Gasteiger partial charge in [0.2, 0.25) is 0 Å². The Hall–Kier alpha value is -7.27. The third kappa shape index (κ3) is 5.45. The number of benzene rings is 9. The van der Waals surface area contributed by atoms with Crippen molar-refractivity contribution in [2.24, 2.45) is 0 Å². The van der Waals surface area contributed by atoms with Gasteiger partial charge in [-0.2, -0.15) is 0 Å². The zero-order valence-electron chi connectivity index (χ0n) is 31.0. The highest BCUT2D eigenvalue weighted by Gasteiger charge is 2.49. The van der Waals surface area contributed by atoms with Crippen LogP contribution in [0.15, 0.2) is 212 Å². The second-order valence-electron chi connectivity index (χ2n) is 14.8. The molecule has 0 fully saturated rings. The van der Waals surface area contributed by atoms with Crippen LogP contribution < -0.4 is 20.7 Å². The van der Waals surface area contributed by atoms with Crippen LogP contribution in [-0.2, 0) is 0 Å². The van der Waals surface area contributed by atoms with Crippen LogP contribution in [0.5, 0.6) is 0 Å². The molecule has 0 unspecified atom stereocenters. The Bertz CT molecular complexity index is 3070. The molecule has 0 spiro atoms. The van der Waals surface area contributed by atoms with Crippen molar-refractivity contribution >= 4 is 50.4 Å². The summed E-state index contributed by atoms with van der Waals surface area (Å²) in [6.45, 7) is 0. The van der Waals surface area contributed by atoms with Gasteiger partial charge in [-0.15, -0.1) is 0 Å². The fraction of sp³-hybridized carbons (Fsp3) is 0. The number of rotatable bonds is 6. The van der Waals surface area contributed by atoms with Crippen LogP contribution in [0.3, 0.4) is 0 Å². The standard InChI is InChI=1S/C53H35N3Si/c1-4-16-39(17-5-1)51-54-52(40-27-24-37(25-28-40)42-29-26-36-14-10-11-18-41(36)34-42)56-53(55-51)43-31-32-47-48-33-30-38-15-12-13-23-46(38)50(48)57(49(47)35-43,44-19-6-2-7-20-44)45-21-8-3-9-22-45/h1-35H. The quantitative estimate of drug-likeness (QED) is 0.159. The molecule has 0 bridgehead atoms. The zero-order valence-corrected chi connectivity index (χ0v) is 32.0. The van der Waals surface area contributed by atoms with Crippen molar-refractivity contribution in [1.29, 1.82) is 0 Å². The Kier molecular flexibility index (Phi) is 7.83. The second-order valence-corrected chi connectivity index (χ2v) is 18.5. The summed E-state index contributed by atoms with van der Waals surface area (Å²) in [5, 5.41) is 10.5. The molecular formula is C53H35N3Si. The van der Waals surface area contributed by atoms with E-state index in [4.69, 9.17) is 15.0 Å². The van der Waals surface area contributed by atoms with Gasteiger partial charge in [0.25, 0.3) is 0 Å². The van der Waals surface area contributed by atoms with Crippen LogP contribution in [0, 0.1) is 0 Å². The number of hydrogen-bond acceptors (Lipinski definition) is 3. The van der Waals surface area contributed by atoms with E-state index in [1.807, 2.05) is 18.2 Å². The maximum absolute atomic E-state index is 5.25. The highest BCUT2D eigenvalue weighted by molar-refractivity contribution is 7.23. The van der Waals surface area contributed by atoms with Crippen LogP contribution in [0.4, 0.5) is 0 Å². The molecule has 1 aliphatic rings. The summed E-state index contributed by atoms with van der Waals surface area (Å²) in [5.41, 5.74) is 7.78. The monoisotopic (exact) mass is 741 g/mol. The summed E-state index contributed by atoms with van der Waals surface area (Å²) in [4.78, 5) is 15.6. The van der Waals surface area contributed by atoms with E-state index in [1.54, 1.807) is 0 Å². The van der Waals surface area contributed by atoms with Gasteiger partial charge in [-0.1, -0.05) is 206 Å². The smallest absolute Gasteiger partial charge is 0.181 e. The molecule has 1 aromatic heterocycles. The predicted molar refractivity (Wildman–Crippen MR) is 239 cm³/mol. The molecule has 0 N–H and O–H groups in total. The van der Waals surface area contributed by atoms with Gasteiger partial charge in [-0.05, 0) is 70.6 Å². The van der Waals surface area contributed by atoms with Gasteiger partial charge in [0.15, 0.2) is 25.5 Å². The molecule has 2 heterocycles. The largest absolute Gasteiger partial charge is 0.208 e. The first kappa shape index (κ1) is 33.1. The highest BCUT2D eigenvalue weighted by Crippen LogP contribution is 2.35. The molecule has 0 saturated carbocycles. The van der Waals surface area contributed by atoms with Crippen LogP contribution >= 0.6 is 0 Å². The molecule has 0 amide bonds. The lowest BCUT2D eigenvalue weighted by Crippen LogP contribution is -2.73. The summed E-state index contributed by atoms with van der Waals surface area (Å²) in [5.74, 6) is 1.96. The van der Waals surface area contributed by atoms with E-state index in [1.165, 1.54) is 59.0 Å². The van der Waals surface area contributed by atoms with Gasteiger partial charge in [0.05, 0.1) is 0 Å². The molecule has 0 saturated heterocycles. The molecule has 11 rings (SSSR count). The SMILES string of the molecule is c1ccc(-c2nc(-c3ccc(-c4ccc5ccccc5c4)cc3)nc(-c3ccc4c(c3)[Si](c3ccccc3)(c3ccccc3)c3c-4ccc4ccccc34)n2)cc1. The molecule has 1 aliphatic heterocycles. The predicted octanol–water partition coefficient (Wildman–Crippen LogP) is 10.2.